The van der Waals surface area contributed by atoms with Gasteiger partial charge in [-0.2, -0.15) is 5.10 Å². The molecule has 1 aromatic heterocycles. The minimum absolute atomic E-state index is 0.270. The van der Waals surface area contributed by atoms with Crippen LogP contribution >= 0.6 is 0 Å². The van der Waals surface area contributed by atoms with Gasteiger partial charge in [-0.05, 0) is 26.7 Å². The molecular weight excluding hydrogens is 238 g/mol. The van der Waals surface area contributed by atoms with E-state index in [9.17, 15) is 0 Å². The molecule has 3 unspecified atom stereocenters. The molecule has 19 heavy (non-hydrogen) atoms. The van der Waals surface area contributed by atoms with Crippen LogP contribution in [-0.2, 0) is 18.3 Å². The van der Waals surface area contributed by atoms with Crippen LogP contribution in [0.15, 0.2) is 6.20 Å². The van der Waals surface area contributed by atoms with Crippen molar-refractivity contribution in [1.82, 2.24) is 15.1 Å². The summed E-state index contributed by atoms with van der Waals surface area (Å²) in [6.45, 7) is 10.5. The van der Waals surface area contributed by atoms with Crippen molar-refractivity contribution in [3.63, 3.8) is 0 Å². The lowest BCUT2D eigenvalue weighted by Crippen LogP contribution is -2.61. The van der Waals surface area contributed by atoms with Gasteiger partial charge in [-0.3, -0.25) is 4.68 Å². The van der Waals surface area contributed by atoms with Crippen molar-refractivity contribution in [3.8, 4) is 0 Å². The van der Waals surface area contributed by atoms with E-state index >= 15 is 0 Å². The molecule has 0 radical (unpaired) electrons. The lowest BCUT2D eigenvalue weighted by atomic mass is 9.61. The Morgan fingerprint density at radius 3 is 2.79 bits per heavy atom. The van der Waals surface area contributed by atoms with Gasteiger partial charge in [0.15, 0.2) is 0 Å². The van der Waals surface area contributed by atoms with Crippen molar-refractivity contribution in [1.29, 1.82) is 0 Å². The molecule has 1 fully saturated rings. The fraction of sp³-hybridized carbons (Fsp3) is 0.800. The van der Waals surface area contributed by atoms with E-state index in [2.05, 4.69) is 38.1 Å². The molecule has 3 atom stereocenters. The van der Waals surface area contributed by atoms with E-state index in [1.165, 1.54) is 11.3 Å². The Hall–Kier alpha value is -0.870. The van der Waals surface area contributed by atoms with Gasteiger partial charge < -0.3 is 10.1 Å². The minimum Gasteiger partial charge on any atom is -0.378 e. The molecular formula is C15H27N3O. The number of nitrogens with one attached hydrogen (secondary N) is 1. The van der Waals surface area contributed by atoms with Crippen LogP contribution < -0.4 is 5.32 Å². The molecule has 0 amide bonds. The highest BCUT2D eigenvalue weighted by atomic mass is 16.5. The Kier molecular flexibility index (Phi) is 4.31. The average molecular weight is 265 g/mol. The molecule has 4 heteroatoms. The van der Waals surface area contributed by atoms with Gasteiger partial charge in [-0.15, -0.1) is 0 Å². The van der Waals surface area contributed by atoms with Crippen LogP contribution in [-0.4, -0.2) is 28.5 Å². The van der Waals surface area contributed by atoms with Crippen LogP contribution in [0.1, 0.15) is 44.9 Å². The standard InChI is InChI=1S/C15H27N3O/c1-6-15(4)13(8-14(15)19-7-2)16-9-12-10-17-18(5)11(12)3/h10,13-14,16H,6-9H2,1-5H3. The highest BCUT2D eigenvalue weighted by molar-refractivity contribution is 5.16. The third kappa shape index (κ3) is 2.56. The Balaban J connectivity index is 1.92. The first-order valence-electron chi connectivity index (χ1n) is 7.35. The predicted octanol–water partition coefficient (Wildman–Crippen LogP) is 2.41. The fourth-order valence-electron chi connectivity index (χ4n) is 3.02. The van der Waals surface area contributed by atoms with Crippen molar-refractivity contribution in [2.24, 2.45) is 12.5 Å². The fourth-order valence-corrected chi connectivity index (χ4v) is 3.02. The van der Waals surface area contributed by atoms with E-state index in [0.29, 0.717) is 12.1 Å². The molecule has 1 aromatic rings. The van der Waals surface area contributed by atoms with Crippen molar-refractivity contribution in [2.75, 3.05) is 6.61 Å². The molecule has 0 aromatic carbocycles. The second-order valence-electron chi connectivity index (χ2n) is 5.85. The first-order chi connectivity index (χ1) is 9.02. The first kappa shape index (κ1) is 14.5. The maximum Gasteiger partial charge on any atom is 0.0658 e. The zero-order valence-corrected chi connectivity index (χ0v) is 12.9. The molecule has 0 aliphatic heterocycles. The number of nitrogens with zero attached hydrogens (tertiary/aromatic N) is 2. The van der Waals surface area contributed by atoms with Gasteiger partial charge >= 0.3 is 0 Å². The lowest BCUT2D eigenvalue weighted by molar-refractivity contribution is -0.126. The molecule has 108 valence electrons. The summed E-state index contributed by atoms with van der Waals surface area (Å²) in [5.41, 5.74) is 2.80. The molecule has 1 N–H and O–H groups in total. The van der Waals surface area contributed by atoms with E-state index in [1.54, 1.807) is 0 Å². The van der Waals surface area contributed by atoms with Crippen LogP contribution in [0, 0.1) is 12.3 Å². The highest BCUT2D eigenvalue weighted by Crippen LogP contribution is 2.45. The van der Waals surface area contributed by atoms with Gasteiger partial charge in [0.1, 0.15) is 0 Å². The Morgan fingerprint density at radius 2 is 2.26 bits per heavy atom. The average Bonchev–Trinajstić information content (AvgIpc) is 2.72. The second-order valence-corrected chi connectivity index (χ2v) is 5.85. The Labute approximate surface area is 116 Å². The summed E-state index contributed by atoms with van der Waals surface area (Å²) in [4.78, 5) is 0. The summed E-state index contributed by atoms with van der Waals surface area (Å²) in [6, 6.07) is 0.550. The number of hydrogen-bond donors (Lipinski definition) is 1. The third-order valence-electron chi connectivity index (χ3n) is 4.99. The summed E-state index contributed by atoms with van der Waals surface area (Å²) < 4.78 is 7.77. The normalized spacial score (nSPS) is 30.4. The van der Waals surface area contributed by atoms with Crippen molar-refractivity contribution in [3.05, 3.63) is 17.5 Å². The SMILES string of the molecule is CCOC1CC(NCc2cnn(C)c2C)C1(C)CC. The summed E-state index contributed by atoms with van der Waals surface area (Å²) in [5, 5.41) is 7.98. The van der Waals surface area contributed by atoms with Crippen molar-refractivity contribution < 1.29 is 4.74 Å². The summed E-state index contributed by atoms with van der Waals surface area (Å²) in [6.07, 6.45) is 4.65. The summed E-state index contributed by atoms with van der Waals surface area (Å²) >= 11 is 0. The molecule has 1 aliphatic rings. The Bertz CT molecular complexity index is 429. The number of ether oxygens (including phenoxy) is 1. The monoisotopic (exact) mass is 265 g/mol. The predicted molar refractivity (Wildman–Crippen MR) is 77.0 cm³/mol. The molecule has 2 rings (SSSR count). The Morgan fingerprint density at radius 1 is 1.53 bits per heavy atom. The van der Waals surface area contributed by atoms with E-state index in [0.717, 1.165) is 26.0 Å². The molecule has 1 saturated carbocycles. The summed E-state index contributed by atoms with van der Waals surface area (Å²) in [5.74, 6) is 0. The highest BCUT2D eigenvalue weighted by Gasteiger charge is 2.50. The van der Waals surface area contributed by atoms with E-state index < -0.39 is 0 Å². The van der Waals surface area contributed by atoms with Gasteiger partial charge in [-0.1, -0.05) is 13.8 Å². The number of hydrogen-bond acceptors (Lipinski definition) is 3. The van der Waals surface area contributed by atoms with Crippen molar-refractivity contribution in [2.45, 2.75) is 59.2 Å². The lowest BCUT2D eigenvalue weighted by Gasteiger charge is -2.53. The maximum absolute atomic E-state index is 5.84. The molecule has 0 spiro atoms. The third-order valence-corrected chi connectivity index (χ3v) is 4.99. The quantitative estimate of drug-likeness (QED) is 0.858. The number of aromatic nitrogens is 2. The van der Waals surface area contributed by atoms with Gasteiger partial charge in [0.05, 0.1) is 12.3 Å². The van der Waals surface area contributed by atoms with Crippen molar-refractivity contribution >= 4 is 0 Å². The van der Waals surface area contributed by atoms with Crippen LogP contribution in [0.25, 0.3) is 0 Å². The maximum atomic E-state index is 5.84. The van der Waals surface area contributed by atoms with Crippen LogP contribution in [0.4, 0.5) is 0 Å². The number of rotatable bonds is 6. The molecule has 1 aliphatic carbocycles. The van der Waals surface area contributed by atoms with E-state index in [-0.39, 0.29) is 5.41 Å². The smallest absolute Gasteiger partial charge is 0.0658 e. The van der Waals surface area contributed by atoms with Crippen LogP contribution in [0.5, 0.6) is 0 Å². The number of aryl methyl sites for hydroxylation is 1. The molecule has 1 heterocycles. The minimum atomic E-state index is 0.270. The van der Waals surface area contributed by atoms with Gasteiger partial charge in [0, 0.05) is 42.9 Å². The van der Waals surface area contributed by atoms with Crippen LogP contribution in [0.3, 0.4) is 0 Å². The molecule has 0 saturated heterocycles. The second kappa shape index (κ2) is 5.63. The zero-order valence-electron chi connectivity index (χ0n) is 12.9. The van der Waals surface area contributed by atoms with E-state index in [4.69, 9.17) is 4.74 Å². The zero-order chi connectivity index (χ0) is 14.0. The largest absolute Gasteiger partial charge is 0.378 e. The van der Waals surface area contributed by atoms with Gasteiger partial charge in [0.25, 0.3) is 0 Å². The van der Waals surface area contributed by atoms with Gasteiger partial charge in [0.2, 0.25) is 0 Å². The molecule has 4 nitrogen and oxygen atoms in total. The first-order valence-corrected chi connectivity index (χ1v) is 7.35. The molecule has 0 bridgehead atoms. The van der Waals surface area contributed by atoms with Gasteiger partial charge in [-0.25, -0.2) is 0 Å². The summed E-state index contributed by atoms with van der Waals surface area (Å²) in [7, 11) is 1.99. The van der Waals surface area contributed by atoms with Crippen LogP contribution in [0.2, 0.25) is 0 Å². The topological polar surface area (TPSA) is 39.1 Å². The van der Waals surface area contributed by atoms with E-state index in [1.807, 2.05) is 17.9 Å².